The smallest absolute Gasteiger partial charge is 0.0748 e. The Kier molecular flexibility index (Phi) is 2.64. The Morgan fingerprint density at radius 3 is 3.00 bits per heavy atom. The van der Waals surface area contributed by atoms with Crippen molar-refractivity contribution in [2.75, 3.05) is 5.88 Å². The number of pyridine rings is 1. The quantitative estimate of drug-likeness (QED) is 0.751. The van der Waals surface area contributed by atoms with Crippen molar-refractivity contribution >= 4 is 38.4 Å². The first kappa shape index (κ1) is 10.5. The number of nitrogens with zero attached hydrogens (tertiary/aromatic N) is 1. The second-order valence-corrected chi connectivity index (χ2v) is 5.46. The van der Waals surface area contributed by atoms with E-state index in [9.17, 15) is 0 Å². The highest BCUT2D eigenvalue weighted by molar-refractivity contribution is 9.10. The minimum Gasteiger partial charge on any atom is -0.256 e. The molecule has 1 nitrogen and oxygen atoms in total. The summed E-state index contributed by atoms with van der Waals surface area (Å²) >= 11 is 9.46. The molecule has 82 valence electrons. The van der Waals surface area contributed by atoms with E-state index < -0.39 is 0 Å². The summed E-state index contributed by atoms with van der Waals surface area (Å²) in [6.07, 6.45) is 3.06. The lowest BCUT2D eigenvalue weighted by atomic mass is 10.0. The van der Waals surface area contributed by atoms with Crippen molar-refractivity contribution in [3.05, 3.63) is 40.5 Å². The second kappa shape index (κ2) is 4.01. The zero-order valence-electron chi connectivity index (χ0n) is 8.66. The average molecular weight is 297 g/mol. The number of fused-ring (bicyclic) bond motifs is 1. The lowest BCUT2D eigenvalue weighted by Crippen LogP contribution is -1.90. The van der Waals surface area contributed by atoms with Crippen LogP contribution in [-0.2, 0) is 0 Å². The Morgan fingerprint density at radius 2 is 2.25 bits per heavy atom. The highest BCUT2D eigenvalue weighted by Crippen LogP contribution is 2.50. The molecule has 0 saturated heterocycles. The van der Waals surface area contributed by atoms with Crippen molar-refractivity contribution < 1.29 is 0 Å². The Balaban J connectivity index is 2.16. The predicted octanol–water partition coefficient (Wildman–Crippen LogP) is 4.34. The molecule has 0 amide bonds. The first-order chi connectivity index (χ1) is 7.81. The lowest BCUT2D eigenvalue weighted by Gasteiger charge is -2.06. The van der Waals surface area contributed by atoms with E-state index in [2.05, 4.69) is 39.1 Å². The Bertz CT molecular complexity index is 540. The molecule has 2 aromatic rings. The van der Waals surface area contributed by atoms with Gasteiger partial charge in [0.2, 0.25) is 0 Å². The van der Waals surface area contributed by atoms with Gasteiger partial charge in [-0.3, -0.25) is 4.98 Å². The second-order valence-electron chi connectivity index (χ2n) is 4.29. The zero-order valence-corrected chi connectivity index (χ0v) is 11.0. The molecule has 1 aromatic heterocycles. The van der Waals surface area contributed by atoms with E-state index in [0.717, 1.165) is 15.9 Å². The van der Waals surface area contributed by atoms with E-state index in [1.807, 2.05) is 12.3 Å². The third-order valence-electron chi connectivity index (χ3n) is 3.27. The third kappa shape index (κ3) is 1.64. The molecular weight excluding hydrogens is 286 g/mol. The van der Waals surface area contributed by atoms with E-state index in [-0.39, 0.29) is 0 Å². The molecule has 1 aliphatic rings. The highest BCUT2D eigenvalue weighted by atomic mass is 79.9. The van der Waals surface area contributed by atoms with Gasteiger partial charge in [-0.15, -0.1) is 11.6 Å². The van der Waals surface area contributed by atoms with Crippen molar-refractivity contribution in [2.45, 2.75) is 12.3 Å². The Morgan fingerprint density at radius 1 is 1.38 bits per heavy atom. The molecular formula is C13H11BrClN. The molecule has 1 fully saturated rings. The summed E-state index contributed by atoms with van der Waals surface area (Å²) in [6, 6.07) is 8.37. The topological polar surface area (TPSA) is 12.9 Å². The fourth-order valence-corrected chi connectivity index (χ4v) is 3.05. The lowest BCUT2D eigenvalue weighted by molar-refractivity contribution is 0.926. The molecule has 0 spiro atoms. The van der Waals surface area contributed by atoms with Crippen molar-refractivity contribution in [3.63, 3.8) is 0 Å². The van der Waals surface area contributed by atoms with E-state index >= 15 is 0 Å². The molecule has 1 aromatic carbocycles. The van der Waals surface area contributed by atoms with Gasteiger partial charge in [0.25, 0.3) is 0 Å². The van der Waals surface area contributed by atoms with E-state index in [1.54, 1.807) is 0 Å². The van der Waals surface area contributed by atoms with Crippen LogP contribution in [0.1, 0.15) is 17.9 Å². The standard InChI is InChI=1S/C13H11BrClN/c14-12-4-3-9(11-6-8(11)7-15)13-10(12)2-1-5-16-13/h1-5,8,11H,6-7H2. The van der Waals surface area contributed by atoms with E-state index in [0.29, 0.717) is 11.8 Å². The van der Waals surface area contributed by atoms with Crippen LogP contribution in [0.5, 0.6) is 0 Å². The third-order valence-corrected chi connectivity index (χ3v) is 4.36. The van der Waals surface area contributed by atoms with Crippen molar-refractivity contribution in [1.82, 2.24) is 4.98 Å². The van der Waals surface area contributed by atoms with E-state index in [1.165, 1.54) is 17.4 Å². The molecule has 0 radical (unpaired) electrons. The Labute approximate surface area is 108 Å². The maximum Gasteiger partial charge on any atom is 0.0748 e. The van der Waals surface area contributed by atoms with Crippen LogP contribution in [0, 0.1) is 5.92 Å². The van der Waals surface area contributed by atoms with Crippen LogP contribution in [0.4, 0.5) is 0 Å². The van der Waals surface area contributed by atoms with Gasteiger partial charge in [-0.05, 0) is 36.0 Å². The van der Waals surface area contributed by atoms with Crippen molar-refractivity contribution in [3.8, 4) is 0 Å². The number of halogens is 2. The van der Waals surface area contributed by atoms with Gasteiger partial charge in [0, 0.05) is 21.9 Å². The first-order valence-corrected chi connectivity index (χ1v) is 6.73. The summed E-state index contributed by atoms with van der Waals surface area (Å²) in [6.45, 7) is 0. The molecule has 0 bridgehead atoms. The summed E-state index contributed by atoms with van der Waals surface area (Å²) in [7, 11) is 0. The molecule has 1 aliphatic carbocycles. The Hall–Kier alpha value is -0.600. The normalized spacial score (nSPS) is 23.6. The molecule has 3 heteroatoms. The number of aromatic nitrogens is 1. The SMILES string of the molecule is ClCC1CC1c1ccc(Br)c2cccnc12. The first-order valence-electron chi connectivity index (χ1n) is 5.40. The monoisotopic (exact) mass is 295 g/mol. The molecule has 3 rings (SSSR count). The van der Waals surface area contributed by atoms with Gasteiger partial charge in [-0.2, -0.15) is 0 Å². The van der Waals surface area contributed by atoms with E-state index in [4.69, 9.17) is 11.6 Å². The van der Waals surface area contributed by atoms with Crippen molar-refractivity contribution in [2.24, 2.45) is 5.92 Å². The maximum absolute atomic E-state index is 5.90. The van der Waals surface area contributed by atoms with Gasteiger partial charge < -0.3 is 0 Å². The minimum atomic E-state index is 0.614. The number of rotatable bonds is 2. The molecule has 0 aliphatic heterocycles. The molecule has 1 saturated carbocycles. The molecule has 2 unspecified atom stereocenters. The summed E-state index contributed by atoms with van der Waals surface area (Å²) < 4.78 is 1.11. The van der Waals surface area contributed by atoms with Crippen LogP contribution in [0.15, 0.2) is 34.9 Å². The minimum absolute atomic E-state index is 0.614. The van der Waals surface area contributed by atoms with Crippen LogP contribution in [0.25, 0.3) is 10.9 Å². The summed E-state index contributed by atoms with van der Waals surface area (Å²) in [5.74, 6) is 2.02. The van der Waals surface area contributed by atoms with Gasteiger partial charge >= 0.3 is 0 Å². The average Bonchev–Trinajstić information content (AvgIpc) is 3.09. The van der Waals surface area contributed by atoms with Gasteiger partial charge in [0.1, 0.15) is 0 Å². The van der Waals surface area contributed by atoms with Crippen molar-refractivity contribution in [1.29, 1.82) is 0 Å². The van der Waals surface area contributed by atoms with Gasteiger partial charge in [0.15, 0.2) is 0 Å². The summed E-state index contributed by atoms with van der Waals surface area (Å²) in [5.41, 5.74) is 2.47. The fourth-order valence-electron chi connectivity index (χ4n) is 2.26. The number of benzene rings is 1. The predicted molar refractivity (Wildman–Crippen MR) is 71.0 cm³/mol. The number of alkyl halides is 1. The van der Waals surface area contributed by atoms with Gasteiger partial charge in [0.05, 0.1) is 5.52 Å². The van der Waals surface area contributed by atoms with Crippen LogP contribution in [-0.4, -0.2) is 10.9 Å². The molecule has 16 heavy (non-hydrogen) atoms. The zero-order chi connectivity index (χ0) is 11.1. The van der Waals surface area contributed by atoms with Gasteiger partial charge in [-0.25, -0.2) is 0 Å². The van der Waals surface area contributed by atoms with Crippen LogP contribution in [0.2, 0.25) is 0 Å². The molecule has 0 N–H and O–H groups in total. The number of hydrogen-bond acceptors (Lipinski definition) is 1. The van der Waals surface area contributed by atoms with Crippen LogP contribution < -0.4 is 0 Å². The van der Waals surface area contributed by atoms with Crippen LogP contribution in [0.3, 0.4) is 0 Å². The number of hydrogen-bond donors (Lipinski definition) is 0. The molecule has 1 heterocycles. The highest BCUT2D eigenvalue weighted by Gasteiger charge is 2.38. The van der Waals surface area contributed by atoms with Crippen LogP contribution >= 0.6 is 27.5 Å². The summed E-state index contributed by atoms with van der Waals surface area (Å²) in [4.78, 5) is 4.50. The fraction of sp³-hybridized carbons (Fsp3) is 0.308. The molecule has 2 atom stereocenters. The summed E-state index contributed by atoms with van der Waals surface area (Å²) in [5, 5.41) is 1.19. The maximum atomic E-state index is 5.90. The van der Waals surface area contributed by atoms with Gasteiger partial charge in [-0.1, -0.05) is 28.1 Å². The largest absolute Gasteiger partial charge is 0.256 e.